The van der Waals surface area contributed by atoms with Crippen molar-refractivity contribution in [3.8, 4) is 0 Å². The summed E-state index contributed by atoms with van der Waals surface area (Å²) in [6, 6.07) is 21.9. The molecule has 23 heavy (non-hydrogen) atoms. The predicted molar refractivity (Wildman–Crippen MR) is 96.6 cm³/mol. The van der Waals surface area contributed by atoms with E-state index in [1.54, 1.807) is 0 Å². The zero-order valence-corrected chi connectivity index (χ0v) is 14.3. The van der Waals surface area contributed by atoms with Gasteiger partial charge in [-0.1, -0.05) is 60.7 Å². The first-order valence-electron chi connectivity index (χ1n) is 8.43. The van der Waals surface area contributed by atoms with E-state index in [0.717, 1.165) is 5.75 Å². The largest absolute Gasteiger partial charge is 0.350 e. The van der Waals surface area contributed by atoms with Crippen LogP contribution in [0.15, 0.2) is 60.7 Å². The van der Waals surface area contributed by atoms with Crippen LogP contribution in [0.4, 0.5) is 0 Å². The van der Waals surface area contributed by atoms with Gasteiger partial charge in [0.05, 0.1) is 6.10 Å². The van der Waals surface area contributed by atoms with E-state index in [9.17, 15) is 0 Å². The van der Waals surface area contributed by atoms with E-state index in [0.29, 0.717) is 12.1 Å². The summed E-state index contributed by atoms with van der Waals surface area (Å²) in [4.78, 5) is 2.11. The fourth-order valence-corrected chi connectivity index (χ4v) is 5.35. The third-order valence-corrected chi connectivity index (χ3v) is 6.55. The molecule has 0 aliphatic carbocycles. The topological polar surface area (TPSA) is 12.5 Å². The third-order valence-electron chi connectivity index (χ3n) is 5.08. The number of hydrogen-bond donors (Lipinski definition) is 0. The third kappa shape index (κ3) is 2.71. The highest BCUT2D eigenvalue weighted by molar-refractivity contribution is 8.00. The van der Waals surface area contributed by atoms with E-state index in [1.807, 2.05) is 11.8 Å². The van der Waals surface area contributed by atoms with Crippen molar-refractivity contribution < 1.29 is 4.74 Å². The maximum atomic E-state index is 6.80. The molecule has 2 aromatic rings. The minimum absolute atomic E-state index is 0.299. The lowest BCUT2D eigenvalue weighted by atomic mass is 10.00. The Bertz CT molecular complexity index is 606. The zero-order valence-electron chi connectivity index (χ0n) is 13.5. The summed E-state index contributed by atoms with van der Waals surface area (Å²) >= 11 is 1.94. The molecule has 120 valence electrons. The van der Waals surface area contributed by atoms with Crippen molar-refractivity contribution in [3.05, 3.63) is 71.8 Å². The molecule has 2 saturated heterocycles. The Balaban J connectivity index is 1.71. The quantitative estimate of drug-likeness (QED) is 0.842. The van der Waals surface area contributed by atoms with Gasteiger partial charge in [0, 0.05) is 11.8 Å². The van der Waals surface area contributed by atoms with Crippen LogP contribution in [-0.2, 0) is 9.67 Å². The number of nitrogens with zero attached hydrogens (tertiary/aromatic N) is 1. The van der Waals surface area contributed by atoms with Crippen LogP contribution in [0.2, 0.25) is 0 Å². The molecule has 0 unspecified atom stereocenters. The van der Waals surface area contributed by atoms with Crippen LogP contribution in [0, 0.1) is 0 Å². The van der Waals surface area contributed by atoms with Crippen molar-refractivity contribution in [1.29, 1.82) is 0 Å². The summed E-state index contributed by atoms with van der Waals surface area (Å²) in [5.74, 6) is 1.05. The molecule has 0 spiro atoms. The molecular formula is C20H23NOS. The fourth-order valence-electron chi connectivity index (χ4n) is 3.86. The highest BCUT2D eigenvalue weighted by Gasteiger charge is 2.47. The maximum Gasteiger partial charge on any atom is 0.165 e. The van der Waals surface area contributed by atoms with Crippen molar-refractivity contribution in [1.82, 2.24) is 4.90 Å². The molecule has 4 rings (SSSR count). The van der Waals surface area contributed by atoms with Crippen molar-refractivity contribution in [2.75, 3.05) is 19.3 Å². The second-order valence-electron chi connectivity index (χ2n) is 6.51. The molecule has 0 N–H and O–H groups in total. The second kappa shape index (κ2) is 6.31. The lowest BCUT2D eigenvalue weighted by Crippen LogP contribution is -2.39. The number of ether oxygens (including phenoxy) is 1. The Morgan fingerprint density at radius 3 is 2.13 bits per heavy atom. The van der Waals surface area contributed by atoms with Gasteiger partial charge >= 0.3 is 0 Å². The average molecular weight is 325 g/mol. The van der Waals surface area contributed by atoms with Gasteiger partial charge in [-0.2, -0.15) is 0 Å². The van der Waals surface area contributed by atoms with Gasteiger partial charge in [0.15, 0.2) is 4.93 Å². The van der Waals surface area contributed by atoms with Gasteiger partial charge in [0.25, 0.3) is 0 Å². The van der Waals surface area contributed by atoms with Crippen LogP contribution < -0.4 is 0 Å². The zero-order chi connectivity index (χ0) is 15.7. The average Bonchev–Trinajstić information content (AvgIpc) is 3.23. The van der Waals surface area contributed by atoms with Crippen LogP contribution in [0.3, 0.4) is 0 Å². The van der Waals surface area contributed by atoms with Crippen molar-refractivity contribution in [3.63, 3.8) is 0 Å². The monoisotopic (exact) mass is 325 g/mol. The standard InChI is InChI=1S/C20H23NOS/c1-21-14-8-13-18(21)19-15-23-20(22-19,16-9-4-2-5-10-16)17-11-6-3-7-12-17/h2-7,9-12,18-19H,8,13-15H2,1H3/t18-,19+/m0/s1. The minimum atomic E-state index is -0.364. The Hall–Kier alpha value is -1.29. The summed E-state index contributed by atoms with van der Waals surface area (Å²) in [6.45, 7) is 1.19. The number of thioether (sulfide) groups is 1. The van der Waals surface area contributed by atoms with Gasteiger partial charge in [0.1, 0.15) is 0 Å². The van der Waals surface area contributed by atoms with Gasteiger partial charge in [-0.05, 0) is 37.6 Å². The van der Waals surface area contributed by atoms with Crippen molar-refractivity contribution in [2.45, 2.75) is 29.9 Å². The van der Waals surface area contributed by atoms with Gasteiger partial charge in [-0.25, -0.2) is 0 Å². The molecular weight excluding hydrogens is 302 g/mol. The second-order valence-corrected chi connectivity index (χ2v) is 7.70. The number of hydrogen-bond acceptors (Lipinski definition) is 3. The van der Waals surface area contributed by atoms with E-state index in [2.05, 4.69) is 72.6 Å². The van der Waals surface area contributed by atoms with E-state index in [4.69, 9.17) is 4.74 Å². The molecule has 0 saturated carbocycles. The Labute approximate surface area is 142 Å². The first-order chi connectivity index (χ1) is 11.3. The lowest BCUT2D eigenvalue weighted by Gasteiger charge is -2.32. The molecule has 2 nitrogen and oxygen atoms in total. The SMILES string of the molecule is CN1CCC[C@H]1[C@H]1CSC(c2ccccc2)(c2ccccc2)O1. The lowest BCUT2D eigenvalue weighted by molar-refractivity contribution is -0.0216. The van der Waals surface area contributed by atoms with Gasteiger partial charge in [-0.3, -0.25) is 0 Å². The first-order valence-corrected chi connectivity index (χ1v) is 9.41. The number of likely N-dealkylation sites (N-methyl/N-ethyl adjacent to an activating group) is 1. The van der Waals surface area contributed by atoms with E-state index in [-0.39, 0.29) is 4.93 Å². The molecule has 3 heteroatoms. The molecule has 0 radical (unpaired) electrons. The first kappa shape index (κ1) is 15.3. The van der Waals surface area contributed by atoms with Gasteiger partial charge in [-0.15, -0.1) is 11.8 Å². The molecule has 2 aliphatic heterocycles. The van der Waals surface area contributed by atoms with Crippen molar-refractivity contribution >= 4 is 11.8 Å². The summed E-state index contributed by atoms with van der Waals surface area (Å²) < 4.78 is 6.80. The van der Waals surface area contributed by atoms with Crippen LogP contribution in [0.5, 0.6) is 0 Å². The maximum absolute atomic E-state index is 6.80. The highest BCUT2D eigenvalue weighted by Crippen LogP contribution is 2.51. The van der Waals surface area contributed by atoms with Crippen LogP contribution in [0.1, 0.15) is 24.0 Å². The van der Waals surface area contributed by atoms with E-state index < -0.39 is 0 Å². The van der Waals surface area contributed by atoms with Gasteiger partial charge < -0.3 is 9.64 Å². The molecule has 0 amide bonds. The van der Waals surface area contributed by atoms with Gasteiger partial charge in [0.2, 0.25) is 0 Å². The molecule has 2 fully saturated rings. The molecule has 0 bridgehead atoms. The predicted octanol–water partition coefficient (Wildman–Crippen LogP) is 4.11. The Morgan fingerprint density at radius 1 is 1.00 bits per heavy atom. The van der Waals surface area contributed by atoms with Crippen LogP contribution in [-0.4, -0.2) is 36.4 Å². The normalized spacial score (nSPS) is 27.3. The smallest absolute Gasteiger partial charge is 0.165 e. The van der Waals surface area contributed by atoms with Crippen LogP contribution in [0.25, 0.3) is 0 Å². The molecule has 2 atom stereocenters. The summed E-state index contributed by atoms with van der Waals surface area (Å²) in [7, 11) is 2.23. The molecule has 2 heterocycles. The minimum Gasteiger partial charge on any atom is -0.350 e. The number of rotatable bonds is 3. The molecule has 2 aromatic carbocycles. The summed E-state index contributed by atoms with van der Waals surface area (Å²) in [5.41, 5.74) is 2.50. The van der Waals surface area contributed by atoms with E-state index in [1.165, 1.54) is 30.5 Å². The highest BCUT2D eigenvalue weighted by atomic mass is 32.2. The Kier molecular flexibility index (Phi) is 4.18. The fraction of sp³-hybridized carbons (Fsp3) is 0.400. The molecule has 2 aliphatic rings. The summed E-state index contributed by atoms with van der Waals surface area (Å²) in [5, 5.41) is 0. The Morgan fingerprint density at radius 2 is 1.61 bits per heavy atom. The summed E-state index contributed by atoms with van der Waals surface area (Å²) in [6.07, 6.45) is 2.84. The molecule has 0 aromatic heterocycles. The number of likely N-dealkylation sites (tertiary alicyclic amines) is 1. The number of benzene rings is 2. The van der Waals surface area contributed by atoms with E-state index >= 15 is 0 Å². The van der Waals surface area contributed by atoms with Crippen LogP contribution >= 0.6 is 11.8 Å². The van der Waals surface area contributed by atoms with Crippen molar-refractivity contribution in [2.24, 2.45) is 0 Å².